The van der Waals surface area contributed by atoms with Gasteiger partial charge in [-0.1, -0.05) is 11.3 Å². The van der Waals surface area contributed by atoms with Crippen LogP contribution in [-0.4, -0.2) is 29.3 Å². The smallest absolute Gasteiger partial charge is 0.252 e. The van der Waals surface area contributed by atoms with Crippen molar-refractivity contribution < 1.29 is 9.53 Å². The van der Waals surface area contributed by atoms with Gasteiger partial charge >= 0.3 is 0 Å². The standard InChI is InChI=1S/C11H15N3O2S/c15-9(6-16-5-7-1-2-7)12-11-14-13-10(17-11)8-3-4-8/h7-8H,1-6H2,(H,12,14,15). The molecular formula is C11H15N3O2S. The summed E-state index contributed by atoms with van der Waals surface area (Å²) in [4.78, 5) is 11.5. The maximum Gasteiger partial charge on any atom is 0.252 e. The molecule has 1 aromatic heterocycles. The summed E-state index contributed by atoms with van der Waals surface area (Å²) in [7, 11) is 0. The first-order chi connectivity index (χ1) is 8.31. The molecule has 2 aliphatic carbocycles. The van der Waals surface area contributed by atoms with E-state index in [2.05, 4.69) is 15.5 Å². The van der Waals surface area contributed by atoms with Crippen LogP contribution in [0.2, 0.25) is 0 Å². The Morgan fingerprint density at radius 3 is 2.88 bits per heavy atom. The van der Waals surface area contributed by atoms with Gasteiger partial charge in [-0.15, -0.1) is 10.2 Å². The number of anilines is 1. The lowest BCUT2D eigenvalue weighted by Gasteiger charge is -2.02. The van der Waals surface area contributed by atoms with Gasteiger partial charge in [0.25, 0.3) is 5.91 Å². The predicted molar refractivity (Wildman–Crippen MR) is 64.1 cm³/mol. The number of hydrogen-bond donors (Lipinski definition) is 1. The molecule has 1 amide bonds. The third-order valence-electron chi connectivity index (χ3n) is 2.90. The minimum Gasteiger partial charge on any atom is -0.371 e. The van der Waals surface area contributed by atoms with Gasteiger partial charge < -0.3 is 4.74 Å². The Bertz CT molecular complexity index is 413. The summed E-state index contributed by atoms with van der Waals surface area (Å²) in [5.41, 5.74) is 0. The Balaban J connectivity index is 1.42. The van der Waals surface area contributed by atoms with E-state index in [4.69, 9.17) is 4.74 Å². The predicted octanol–water partition coefficient (Wildman–Crippen LogP) is 1.78. The molecule has 0 saturated heterocycles. The molecule has 3 rings (SSSR count). The first-order valence-corrected chi connectivity index (χ1v) is 6.84. The molecule has 0 spiro atoms. The number of rotatable bonds is 6. The number of hydrogen-bond acceptors (Lipinski definition) is 5. The summed E-state index contributed by atoms with van der Waals surface area (Å²) < 4.78 is 5.30. The number of nitrogens with one attached hydrogen (secondary N) is 1. The topological polar surface area (TPSA) is 64.1 Å². The Kier molecular flexibility index (Phi) is 3.07. The summed E-state index contributed by atoms with van der Waals surface area (Å²) in [5.74, 6) is 1.14. The molecule has 1 aromatic rings. The van der Waals surface area contributed by atoms with Crippen LogP contribution < -0.4 is 5.32 Å². The van der Waals surface area contributed by atoms with Crippen molar-refractivity contribution in [2.45, 2.75) is 31.6 Å². The number of ether oxygens (including phenoxy) is 1. The molecule has 17 heavy (non-hydrogen) atoms. The molecule has 1 N–H and O–H groups in total. The summed E-state index contributed by atoms with van der Waals surface area (Å²) in [5, 5.41) is 12.4. The third kappa shape index (κ3) is 3.23. The maximum absolute atomic E-state index is 11.5. The van der Waals surface area contributed by atoms with Gasteiger partial charge in [0.15, 0.2) is 0 Å². The number of nitrogens with zero attached hydrogens (tertiary/aromatic N) is 2. The van der Waals surface area contributed by atoms with E-state index < -0.39 is 0 Å². The molecule has 0 atom stereocenters. The number of carbonyl (C=O) groups is 1. The zero-order chi connectivity index (χ0) is 11.7. The van der Waals surface area contributed by atoms with Crippen LogP contribution in [-0.2, 0) is 9.53 Å². The fourth-order valence-corrected chi connectivity index (χ4v) is 2.47. The number of amides is 1. The highest BCUT2D eigenvalue weighted by molar-refractivity contribution is 7.15. The average molecular weight is 253 g/mol. The lowest BCUT2D eigenvalue weighted by molar-refractivity contribution is -0.120. The van der Waals surface area contributed by atoms with E-state index in [0.717, 1.165) is 5.01 Å². The average Bonchev–Trinajstić information content (AvgIpc) is 3.20. The van der Waals surface area contributed by atoms with Gasteiger partial charge in [0.05, 0.1) is 6.61 Å². The Hall–Kier alpha value is -1.01. The molecule has 2 aliphatic rings. The van der Waals surface area contributed by atoms with E-state index in [-0.39, 0.29) is 12.5 Å². The quantitative estimate of drug-likeness (QED) is 0.839. The highest BCUT2D eigenvalue weighted by Gasteiger charge is 2.27. The first-order valence-electron chi connectivity index (χ1n) is 6.02. The second-order valence-corrected chi connectivity index (χ2v) is 5.74. The van der Waals surface area contributed by atoms with Crippen molar-refractivity contribution in [3.8, 4) is 0 Å². The van der Waals surface area contributed by atoms with Gasteiger partial charge in [0.1, 0.15) is 11.6 Å². The van der Waals surface area contributed by atoms with Crippen LogP contribution in [0.3, 0.4) is 0 Å². The van der Waals surface area contributed by atoms with Gasteiger partial charge in [-0.05, 0) is 31.6 Å². The van der Waals surface area contributed by atoms with E-state index in [1.807, 2.05) is 0 Å². The van der Waals surface area contributed by atoms with Crippen LogP contribution in [0.1, 0.15) is 36.6 Å². The van der Waals surface area contributed by atoms with Crippen LogP contribution in [0.5, 0.6) is 0 Å². The van der Waals surface area contributed by atoms with Gasteiger partial charge in [0, 0.05) is 5.92 Å². The summed E-state index contributed by atoms with van der Waals surface area (Å²) in [6.07, 6.45) is 4.88. The molecule has 5 nitrogen and oxygen atoms in total. The lowest BCUT2D eigenvalue weighted by atomic mass is 10.5. The van der Waals surface area contributed by atoms with Gasteiger partial charge in [-0.2, -0.15) is 0 Å². The Morgan fingerprint density at radius 1 is 1.35 bits per heavy atom. The minimum absolute atomic E-state index is 0.120. The molecule has 0 radical (unpaired) electrons. The van der Waals surface area contributed by atoms with Crippen molar-refractivity contribution in [3.63, 3.8) is 0 Å². The zero-order valence-electron chi connectivity index (χ0n) is 9.52. The fourth-order valence-electron chi connectivity index (χ4n) is 1.54. The summed E-state index contributed by atoms with van der Waals surface area (Å²) in [6.45, 7) is 0.825. The van der Waals surface area contributed by atoms with E-state index >= 15 is 0 Å². The van der Waals surface area contributed by atoms with E-state index in [1.54, 1.807) is 0 Å². The van der Waals surface area contributed by atoms with Crippen molar-refractivity contribution in [2.75, 3.05) is 18.5 Å². The van der Waals surface area contributed by atoms with E-state index in [0.29, 0.717) is 23.6 Å². The lowest BCUT2D eigenvalue weighted by Crippen LogP contribution is -2.18. The van der Waals surface area contributed by atoms with Crippen LogP contribution in [0.15, 0.2) is 0 Å². The fraction of sp³-hybridized carbons (Fsp3) is 0.727. The van der Waals surface area contributed by atoms with Crippen LogP contribution in [0.25, 0.3) is 0 Å². The minimum atomic E-state index is -0.135. The SMILES string of the molecule is O=C(COCC1CC1)Nc1nnc(C2CC2)s1. The van der Waals surface area contributed by atoms with Crippen molar-refractivity contribution in [2.24, 2.45) is 5.92 Å². The maximum atomic E-state index is 11.5. The van der Waals surface area contributed by atoms with Crippen molar-refractivity contribution >= 4 is 22.4 Å². The van der Waals surface area contributed by atoms with E-state index in [1.165, 1.54) is 37.0 Å². The highest BCUT2D eigenvalue weighted by atomic mass is 32.1. The van der Waals surface area contributed by atoms with Gasteiger partial charge in [0.2, 0.25) is 5.13 Å². The molecule has 0 aliphatic heterocycles. The molecule has 0 aromatic carbocycles. The van der Waals surface area contributed by atoms with Crippen LogP contribution >= 0.6 is 11.3 Å². The summed E-state index contributed by atoms with van der Waals surface area (Å²) >= 11 is 1.47. The molecular weight excluding hydrogens is 238 g/mol. The van der Waals surface area contributed by atoms with Crippen molar-refractivity contribution in [1.82, 2.24) is 10.2 Å². The molecule has 2 saturated carbocycles. The van der Waals surface area contributed by atoms with Crippen LogP contribution in [0, 0.1) is 5.92 Å². The monoisotopic (exact) mass is 253 g/mol. The van der Waals surface area contributed by atoms with Gasteiger partial charge in [-0.3, -0.25) is 10.1 Å². The zero-order valence-corrected chi connectivity index (χ0v) is 10.3. The Morgan fingerprint density at radius 2 is 2.18 bits per heavy atom. The van der Waals surface area contributed by atoms with E-state index in [9.17, 15) is 4.79 Å². The molecule has 0 unspecified atom stereocenters. The largest absolute Gasteiger partial charge is 0.371 e. The Labute approximate surface area is 104 Å². The molecule has 2 fully saturated rings. The third-order valence-corrected chi connectivity index (χ3v) is 3.90. The van der Waals surface area contributed by atoms with Crippen molar-refractivity contribution in [3.05, 3.63) is 5.01 Å². The van der Waals surface area contributed by atoms with Gasteiger partial charge in [-0.25, -0.2) is 0 Å². The van der Waals surface area contributed by atoms with Crippen molar-refractivity contribution in [1.29, 1.82) is 0 Å². The first kappa shape index (κ1) is 11.1. The van der Waals surface area contributed by atoms with Crippen LogP contribution in [0.4, 0.5) is 5.13 Å². The molecule has 0 bridgehead atoms. The summed E-state index contributed by atoms with van der Waals surface area (Å²) in [6, 6.07) is 0. The molecule has 92 valence electrons. The number of carbonyl (C=O) groups excluding carboxylic acids is 1. The number of aromatic nitrogens is 2. The molecule has 6 heteroatoms. The molecule has 1 heterocycles. The second kappa shape index (κ2) is 4.70. The normalized spacial score (nSPS) is 19.3. The second-order valence-electron chi connectivity index (χ2n) is 4.73. The highest BCUT2D eigenvalue weighted by Crippen LogP contribution is 2.41.